The molecule has 0 aliphatic carbocycles. The van der Waals surface area contributed by atoms with Crippen LogP contribution in [0.2, 0.25) is 0 Å². The molecule has 1 unspecified atom stereocenters. The second kappa shape index (κ2) is 7.20. The molecule has 9 nitrogen and oxygen atoms in total. The van der Waals surface area contributed by atoms with Crippen molar-refractivity contribution in [3.63, 3.8) is 0 Å². The molecule has 1 amide bonds. The first-order valence-corrected chi connectivity index (χ1v) is 8.00. The van der Waals surface area contributed by atoms with Crippen LogP contribution < -0.4 is 5.32 Å². The number of benzene rings is 1. The lowest BCUT2D eigenvalue weighted by atomic mass is 10.1. The highest BCUT2D eigenvalue weighted by atomic mass is 16.5. The Morgan fingerprint density at radius 3 is 2.80 bits per heavy atom. The first-order valence-electron chi connectivity index (χ1n) is 8.00. The van der Waals surface area contributed by atoms with Gasteiger partial charge < -0.3 is 9.84 Å². The Balaban J connectivity index is 1.75. The summed E-state index contributed by atoms with van der Waals surface area (Å²) in [6.45, 7) is 5.95. The highest BCUT2D eigenvalue weighted by Crippen LogP contribution is 2.20. The van der Waals surface area contributed by atoms with E-state index in [1.165, 1.54) is 0 Å². The van der Waals surface area contributed by atoms with Gasteiger partial charge in [-0.1, -0.05) is 37.2 Å². The Morgan fingerprint density at radius 1 is 1.28 bits per heavy atom. The molecular weight excluding hydrogens is 322 g/mol. The number of amides is 1. The number of carbonyl (C=O) groups is 1. The SMILES string of the molecule is CC(C)Cc1noc(C(C)NC(=O)c2ccccc2-c2nn[nH]n2)n1. The van der Waals surface area contributed by atoms with E-state index in [2.05, 4.69) is 49.9 Å². The molecule has 0 radical (unpaired) electrons. The maximum atomic E-state index is 12.6. The van der Waals surface area contributed by atoms with Gasteiger partial charge in [0.25, 0.3) is 5.91 Å². The molecule has 2 heterocycles. The summed E-state index contributed by atoms with van der Waals surface area (Å²) in [4.78, 5) is 17.0. The first-order chi connectivity index (χ1) is 12.0. The minimum atomic E-state index is -0.417. The molecule has 130 valence electrons. The molecule has 2 aromatic heterocycles. The molecule has 25 heavy (non-hydrogen) atoms. The fraction of sp³-hybridized carbons (Fsp3) is 0.375. The van der Waals surface area contributed by atoms with Gasteiger partial charge in [-0.15, -0.1) is 10.2 Å². The number of hydrogen-bond acceptors (Lipinski definition) is 7. The molecule has 3 aromatic rings. The Morgan fingerprint density at radius 2 is 2.08 bits per heavy atom. The van der Waals surface area contributed by atoms with Crippen molar-refractivity contribution in [1.29, 1.82) is 0 Å². The summed E-state index contributed by atoms with van der Waals surface area (Å²) in [6.07, 6.45) is 0.727. The van der Waals surface area contributed by atoms with Gasteiger partial charge in [-0.2, -0.15) is 10.2 Å². The average molecular weight is 341 g/mol. The summed E-state index contributed by atoms with van der Waals surface area (Å²) in [5.41, 5.74) is 1.03. The lowest BCUT2D eigenvalue weighted by Gasteiger charge is -2.11. The number of hydrogen-bond donors (Lipinski definition) is 2. The zero-order chi connectivity index (χ0) is 17.8. The normalized spacial score (nSPS) is 12.3. The quantitative estimate of drug-likeness (QED) is 0.702. The van der Waals surface area contributed by atoms with E-state index in [1.807, 2.05) is 6.07 Å². The molecule has 0 aliphatic rings. The number of H-pyrrole nitrogens is 1. The average Bonchev–Trinajstić information content (AvgIpc) is 3.26. The first kappa shape index (κ1) is 16.7. The van der Waals surface area contributed by atoms with Crippen molar-refractivity contribution in [3.8, 4) is 11.4 Å². The topological polar surface area (TPSA) is 122 Å². The van der Waals surface area contributed by atoms with Crippen LogP contribution in [0.3, 0.4) is 0 Å². The smallest absolute Gasteiger partial charge is 0.252 e. The second-order valence-electron chi connectivity index (χ2n) is 6.12. The van der Waals surface area contributed by atoms with E-state index in [0.29, 0.717) is 34.6 Å². The minimum Gasteiger partial charge on any atom is -0.340 e. The summed E-state index contributed by atoms with van der Waals surface area (Å²) in [5.74, 6) is 1.52. The van der Waals surface area contributed by atoms with E-state index >= 15 is 0 Å². The van der Waals surface area contributed by atoms with E-state index in [1.54, 1.807) is 25.1 Å². The molecule has 0 bridgehead atoms. The fourth-order valence-electron chi connectivity index (χ4n) is 2.38. The van der Waals surface area contributed by atoms with Gasteiger partial charge in [-0.05, 0) is 24.1 Å². The number of aromatic nitrogens is 6. The lowest BCUT2D eigenvalue weighted by molar-refractivity contribution is 0.0933. The van der Waals surface area contributed by atoms with Crippen LogP contribution in [-0.4, -0.2) is 36.7 Å². The molecule has 9 heteroatoms. The summed E-state index contributed by atoms with van der Waals surface area (Å²) >= 11 is 0. The number of nitrogens with one attached hydrogen (secondary N) is 2. The molecule has 0 aliphatic heterocycles. The predicted octanol–water partition coefficient (Wildman–Crippen LogP) is 1.94. The maximum Gasteiger partial charge on any atom is 0.252 e. The van der Waals surface area contributed by atoms with Crippen LogP contribution in [0.25, 0.3) is 11.4 Å². The van der Waals surface area contributed by atoms with Crippen molar-refractivity contribution in [1.82, 2.24) is 36.1 Å². The van der Waals surface area contributed by atoms with Gasteiger partial charge >= 0.3 is 0 Å². The molecule has 0 fully saturated rings. The van der Waals surface area contributed by atoms with E-state index in [-0.39, 0.29) is 5.91 Å². The van der Waals surface area contributed by atoms with Crippen molar-refractivity contribution in [2.45, 2.75) is 33.2 Å². The second-order valence-corrected chi connectivity index (χ2v) is 6.12. The number of nitrogens with zero attached hydrogens (tertiary/aromatic N) is 5. The van der Waals surface area contributed by atoms with Crippen molar-refractivity contribution in [2.75, 3.05) is 0 Å². The highest BCUT2D eigenvalue weighted by molar-refractivity contribution is 6.00. The van der Waals surface area contributed by atoms with Crippen LogP contribution in [0, 0.1) is 5.92 Å². The standard InChI is InChI=1S/C16H19N7O2/c1-9(2)8-13-18-16(25-21-13)10(3)17-15(24)12-7-5-4-6-11(12)14-19-22-23-20-14/h4-7,9-10H,8H2,1-3H3,(H,17,24)(H,19,20,22,23). The van der Waals surface area contributed by atoms with Crippen molar-refractivity contribution < 1.29 is 9.32 Å². The maximum absolute atomic E-state index is 12.6. The van der Waals surface area contributed by atoms with Gasteiger partial charge in [0.2, 0.25) is 11.7 Å². The Hall–Kier alpha value is -3.10. The van der Waals surface area contributed by atoms with Gasteiger partial charge in [0, 0.05) is 12.0 Å². The largest absolute Gasteiger partial charge is 0.340 e. The van der Waals surface area contributed by atoms with Gasteiger partial charge in [0.05, 0.1) is 5.56 Å². The summed E-state index contributed by atoms with van der Waals surface area (Å²) in [7, 11) is 0. The van der Waals surface area contributed by atoms with Crippen LogP contribution in [0.4, 0.5) is 0 Å². The third-order valence-electron chi connectivity index (χ3n) is 3.55. The Labute approximate surface area is 144 Å². The molecule has 0 saturated heterocycles. The zero-order valence-corrected chi connectivity index (χ0v) is 14.2. The van der Waals surface area contributed by atoms with E-state index < -0.39 is 6.04 Å². The molecule has 0 saturated carbocycles. The molecule has 3 rings (SSSR count). The molecule has 1 atom stereocenters. The van der Waals surface area contributed by atoms with Crippen LogP contribution in [-0.2, 0) is 6.42 Å². The van der Waals surface area contributed by atoms with Gasteiger partial charge in [0.1, 0.15) is 6.04 Å². The fourth-order valence-corrected chi connectivity index (χ4v) is 2.38. The number of aromatic amines is 1. The Bertz CT molecular complexity index is 842. The Kier molecular flexibility index (Phi) is 4.82. The zero-order valence-electron chi connectivity index (χ0n) is 14.2. The molecular formula is C16H19N7O2. The van der Waals surface area contributed by atoms with Crippen LogP contribution >= 0.6 is 0 Å². The van der Waals surface area contributed by atoms with Gasteiger partial charge in [-0.3, -0.25) is 4.79 Å². The minimum absolute atomic E-state index is 0.281. The summed E-state index contributed by atoms with van der Waals surface area (Å²) in [6, 6.07) is 6.63. The van der Waals surface area contributed by atoms with Crippen molar-refractivity contribution in [3.05, 3.63) is 41.5 Å². The van der Waals surface area contributed by atoms with Crippen molar-refractivity contribution >= 4 is 5.91 Å². The summed E-state index contributed by atoms with van der Waals surface area (Å²) in [5, 5.41) is 20.6. The van der Waals surface area contributed by atoms with Gasteiger partial charge in [0.15, 0.2) is 5.82 Å². The number of carbonyl (C=O) groups excluding carboxylic acids is 1. The van der Waals surface area contributed by atoms with Gasteiger partial charge in [-0.25, -0.2) is 0 Å². The van der Waals surface area contributed by atoms with E-state index in [0.717, 1.165) is 6.42 Å². The number of rotatable bonds is 6. The monoisotopic (exact) mass is 341 g/mol. The van der Waals surface area contributed by atoms with Crippen LogP contribution in [0.15, 0.2) is 28.8 Å². The summed E-state index contributed by atoms with van der Waals surface area (Å²) < 4.78 is 5.25. The van der Waals surface area contributed by atoms with E-state index in [4.69, 9.17) is 4.52 Å². The lowest BCUT2D eigenvalue weighted by Crippen LogP contribution is -2.27. The molecule has 0 spiro atoms. The van der Waals surface area contributed by atoms with Crippen LogP contribution in [0.1, 0.15) is 48.9 Å². The van der Waals surface area contributed by atoms with Crippen LogP contribution in [0.5, 0.6) is 0 Å². The third kappa shape index (κ3) is 3.87. The van der Waals surface area contributed by atoms with Crippen molar-refractivity contribution in [2.24, 2.45) is 5.92 Å². The number of tetrazole rings is 1. The highest BCUT2D eigenvalue weighted by Gasteiger charge is 2.20. The van der Waals surface area contributed by atoms with E-state index in [9.17, 15) is 4.79 Å². The predicted molar refractivity (Wildman–Crippen MR) is 88.3 cm³/mol. The molecule has 2 N–H and O–H groups in total. The molecule has 1 aromatic carbocycles. The third-order valence-corrected chi connectivity index (χ3v) is 3.55.